The van der Waals surface area contributed by atoms with Crippen LogP contribution in [0.2, 0.25) is 5.02 Å². The van der Waals surface area contributed by atoms with Gasteiger partial charge in [0.1, 0.15) is 35.6 Å². The number of ether oxygens (including phenoxy) is 1. The van der Waals surface area contributed by atoms with Gasteiger partial charge in [0.25, 0.3) is 0 Å². The van der Waals surface area contributed by atoms with Crippen LogP contribution in [0.15, 0.2) is 42.5 Å². The first-order valence-electron chi connectivity index (χ1n) is 11.9. The topological polar surface area (TPSA) is 67.6 Å². The number of hydrogen-bond acceptors (Lipinski definition) is 4. The quantitative estimate of drug-likeness (QED) is 0.405. The van der Waals surface area contributed by atoms with E-state index < -0.39 is 28.8 Å². The van der Waals surface area contributed by atoms with Crippen molar-refractivity contribution in [2.45, 2.75) is 31.2 Å². The van der Waals surface area contributed by atoms with Crippen molar-refractivity contribution < 1.29 is 27.1 Å². The molecule has 5 nitrogen and oxygen atoms in total. The van der Waals surface area contributed by atoms with Crippen LogP contribution in [-0.4, -0.2) is 31.1 Å². The van der Waals surface area contributed by atoms with E-state index in [1.54, 1.807) is 4.90 Å². The summed E-state index contributed by atoms with van der Waals surface area (Å²) in [6.07, 6.45) is 1.46. The van der Waals surface area contributed by atoms with Crippen LogP contribution in [0.5, 0.6) is 5.75 Å². The normalized spacial score (nSPS) is 16.8. The largest absolute Gasteiger partial charge is 0.491 e. The number of piperidine rings is 1. The smallest absolute Gasteiger partial charge is 0.224 e. The highest BCUT2D eigenvalue weighted by Gasteiger charge is 2.33. The van der Waals surface area contributed by atoms with Crippen molar-refractivity contribution >= 4 is 28.9 Å². The number of nitrogens with one attached hydrogen (secondary N) is 1. The van der Waals surface area contributed by atoms with E-state index in [4.69, 9.17) is 22.1 Å². The van der Waals surface area contributed by atoms with E-state index in [2.05, 4.69) is 5.32 Å². The number of benzene rings is 3. The number of hydrogen-bond donors (Lipinski definition) is 2. The molecule has 0 aliphatic carbocycles. The molecule has 0 spiro atoms. The van der Waals surface area contributed by atoms with E-state index in [9.17, 15) is 18.0 Å². The molecule has 3 aromatic rings. The van der Waals surface area contributed by atoms with Gasteiger partial charge in [0, 0.05) is 47.3 Å². The number of fused-ring (bicyclic) bond motifs is 1. The maximum Gasteiger partial charge on any atom is 0.224 e. The first-order valence-corrected chi connectivity index (χ1v) is 12.2. The molecule has 0 atom stereocenters. The Morgan fingerprint density at radius 3 is 2.38 bits per heavy atom. The lowest BCUT2D eigenvalue weighted by atomic mass is 9.89. The summed E-state index contributed by atoms with van der Waals surface area (Å²) in [6.45, 7) is 0.837. The highest BCUT2D eigenvalue weighted by Crippen LogP contribution is 2.36. The van der Waals surface area contributed by atoms with Gasteiger partial charge in [-0.15, -0.1) is 0 Å². The second-order valence-electron chi connectivity index (χ2n) is 9.49. The summed E-state index contributed by atoms with van der Waals surface area (Å²) >= 11 is 5.76. The zero-order chi connectivity index (χ0) is 26.3. The van der Waals surface area contributed by atoms with Crippen LogP contribution in [0, 0.1) is 23.3 Å². The molecule has 0 radical (unpaired) electrons. The standard InChI is InChI=1S/C27H24ClF4N3O2/c28-15-1-2-16(20(30)11-15)18-12-22(32)23(13-21(18)31)35-9-7-27(33,8-10-35)14-37-24-5-4-19(29)26-17(24)3-6-25(36)34-26/h1-2,4-5,11-13H,3,6-10,14,33H2,(H,34,36). The van der Waals surface area contributed by atoms with Gasteiger partial charge >= 0.3 is 0 Å². The first kappa shape index (κ1) is 25.4. The molecule has 0 unspecified atom stereocenters. The van der Waals surface area contributed by atoms with Gasteiger partial charge in [-0.3, -0.25) is 4.79 Å². The van der Waals surface area contributed by atoms with Gasteiger partial charge in [-0.1, -0.05) is 11.6 Å². The molecular formula is C27H24ClF4N3O2. The molecule has 1 saturated heterocycles. The van der Waals surface area contributed by atoms with E-state index in [0.29, 0.717) is 43.7 Å². The fraction of sp³-hybridized carbons (Fsp3) is 0.296. The van der Waals surface area contributed by atoms with E-state index >= 15 is 4.39 Å². The highest BCUT2D eigenvalue weighted by molar-refractivity contribution is 6.30. The summed E-state index contributed by atoms with van der Waals surface area (Å²) in [7, 11) is 0. The molecule has 10 heteroatoms. The number of nitrogens with two attached hydrogens (primary N) is 1. The fourth-order valence-electron chi connectivity index (χ4n) is 4.81. The predicted octanol–water partition coefficient (Wildman–Crippen LogP) is 5.82. The average Bonchev–Trinajstić information content (AvgIpc) is 2.86. The van der Waals surface area contributed by atoms with Gasteiger partial charge in [0.15, 0.2) is 0 Å². The van der Waals surface area contributed by atoms with E-state index in [1.807, 2.05) is 0 Å². The Balaban J connectivity index is 1.27. The Labute approximate surface area is 216 Å². The highest BCUT2D eigenvalue weighted by atomic mass is 35.5. The van der Waals surface area contributed by atoms with Crippen LogP contribution < -0.4 is 20.7 Å². The molecule has 3 N–H and O–H groups in total. The fourth-order valence-corrected chi connectivity index (χ4v) is 4.97. The molecule has 2 heterocycles. The molecule has 194 valence electrons. The Bertz CT molecular complexity index is 1380. The van der Waals surface area contributed by atoms with Crippen molar-refractivity contribution in [3.05, 3.63) is 76.3 Å². The number of amides is 1. The summed E-state index contributed by atoms with van der Waals surface area (Å²) < 4.78 is 64.3. The van der Waals surface area contributed by atoms with Gasteiger partial charge in [-0.05, 0) is 55.7 Å². The monoisotopic (exact) mass is 533 g/mol. The Hall–Kier alpha value is -3.30. The molecule has 1 amide bonds. The molecule has 37 heavy (non-hydrogen) atoms. The molecule has 0 bridgehead atoms. The number of anilines is 2. The Morgan fingerprint density at radius 2 is 1.65 bits per heavy atom. The summed E-state index contributed by atoms with van der Waals surface area (Å²) in [5.41, 5.74) is 6.35. The van der Waals surface area contributed by atoms with Crippen LogP contribution in [0.1, 0.15) is 24.8 Å². The van der Waals surface area contributed by atoms with Crippen molar-refractivity contribution in [1.29, 1.82) is 0 Å². The molecule has 0 aromatic heterocycles. The minimum absolute atomic E-state index is 0.0712. The number of nitrogens with zero attached hydrogens (tertiary/aromatic N) is 1. The lowest BCUT2D eigenvalue weighted by Crippen LogP contribution is -2.54. The van der Waals surface area contributed by atoms with E-state index in [1.165, 1.54) is 24.3 Å². The molecular weight excluding hydrogens is 510 g/mol. The molecule has 3 aromatic carbocycles. The zero-order valence-corrected chi connectivity index (χ0v) is 20.5. The van der Waals surface area contributed by atoms with Crippen LogP contribution in [0.25, 0.3) is 11.1 Å². The van der Waals surface area contributed by atoms with Gasteiger partial charge < -0.3 is 20.7 Å². The summed E-state index contributed by atoms with van der Waals surface area (Å²) in [5, 5.41) is 2.70. The minimum Gasteiger partial charge on any atom is -0.491 e. The second-order valence-corrected chi connectivity index (χ2v) is 9.93. The molecule has 1 fully saturated rings. The van der Waals surface area contributed by atoms with Crippen molar-refractivity contribution in [2.24, 2.45) is 5.73 Å². The van der Waals surface area contributed by atoms with Gasteiger partial charge in [0.05, 0.1) is 16.9 Å². The van der Waals surface area contributed by atoms with Crippen LogP contribution in [0.4, 0.5) is 28.9 Å². The molecule has 5 rings (SSSR count). The second kappa shape index (κ2) is 9.87. The third-order valence-electron chi connectivity index (χ3n) is 6.96. The lowest BCUT2D eigenvalue weighted by molar-refractivity contribution is -0.116. The predicted molar refractivity (Wildman–Crippen MR) is 134 cm³/mol. The molecule has 0 saturated carbocycles. The summed E-state index contributed by atoms with van der Waals surface area (Å²) in [4.78, 5) is 13.3. The molecule has 2 aliphatic rings. The van der Waals surface area contributed by atoms with Crippen LogP contribution >= 0.6 is 11.6 Å². The van der Waals surface area contributed by atoms with E-state index in [-0.39, 0.29) is 46.5 Å². The number of carbonyl (C=O) groups is 1. The number of halogens is 5. The minimum atomic E-state index is -0.751. The lowest BCUT2D eigenvalue weighted by Gasteiger charge is -2.40. The van der Waals surface area contributed by atoms with Crippen LogP contribution in [-0.2, 0) is 11.2 Å². The first-order chi connectivity index (χ1) is 17.6. The molecule has 2 aliphatic heterocycles. The number of rotatable bonds is 5. The maximum absolute atomic E-state index is 15.0. The Morgan fingerprint density at radius 1 is 0.919 bits per heavy atom. The Kier molecular flexibility index (Phi) is 6.76. The van der Waals surface area contributed by atoms with Crippen molar-refractivity contribution in [3.63, 3.8) is 0 Å². The van der Waals surface area contributed by atoms with Gasteiger partial charge in [0.2, 0.25) is 5.91 Å². The van der Waals surface area contributed by atoms with Gasteiger partial charge in [-0.2, -0.15) is 0 Å². The number of carbonyl (C=O) groups excluding carboxylic acids is 1. The zero-order valence-electron chi connectivity index (χ0n) is 19.7. The SMILES string of the molecule is NC1(COc2ccc(F)c3c2CCC(=O)N3)CCN(c2cc(F)c(-c3ccc(Cl)cc3F)cc2F)CC1. The van der Waals surface area contributed by atoms with E-state index in [0.717, 1.165) is 18.2 Å². The van der Waals surface area contributed by atoms with Crippen molar-refractivity contribution in [2.75, 3.05) is 29.9 Å². The third-order valence-corrected chi connectivity index (χ3v) is 7.19. The summed E-state index contributed by atoms with van der Waals surface area (Å²) in [5.74, 6) is -2.48. The van der Waals surface area contributed by atoms with Gasteiger partial charge in [-0.25, -0.2) is 17.6 Å². The van der Waals surface area contributed by atoms with Crippen molar-refractivity contribution in [3.8, 4) is 16.9 Å². The third kappa shape index (κ3) is 5.10. The maximum atomic E-state index is 15.0. The summed E-state index contributed by atoms with van der Waals surface area (Å²) in [6, 6.07) is 8.59. The van der Waals surface area contributed by atoms with Crippen LogP contribution in [0.3, 0.4) is 0 Å². The average molecular weight is 534 g/mol. The van der Waals surface area contributed by atoms with Crippen molar-refractivity contribution in [1.82, 2.24) is 0 Å².